The van der Waals surface area contributed by atoms with Crippen LogP contribution < -0.4 is 5.73 Å². The number of benzene rings is 1. The van der Waals surface area contributed by atoms with Gasteiger partial charge in [0.2, 0.25) is 10.7 Å². The Balaban J connectivity index is 2.63. The first kappa shape index (κ1) is 11.0. The molecular weight excluding hydrogens is 251 g/mol. The number of halogens is 2. The number of nitrogens with zero attached hydrogens (tertiary/aromatic N) is 2. The lowest BCUT2D eigenvalue weighted by Gasteiger charge is -2.03. The Hall–Kier alpha value is -1.53. The van der Waals surface area contributed by atoms with Crippen LogP contribution in [0.25, 0.3) is 11.4 Å². The maximum absolute atomic E-state index is 13.6. The smallest absolute Gasteiger partial charge is 0.224 e. The fraction of sp³-hybridized carbons (Fsp3) is 0. The van der Waals surface area contributed by atoms with Crippen LogP contribution in [0, 0.1) is 10.6 Å². The van der Waals surface area contributed by atoms with Crippen molar-refractivity contribution >= 4 is 29.8 Å². The molecule has 82 valence electrons. The van der Waals surface area contributed by atoms with Gasteiger partial charge < -0.3 is 10.7 Å². The highest BCUT2D eigenvalue weighted by molar-refractivity contribution is 7.71. The molecule has 4 nitrogen and oxygen atoms in total. The number of aromatic nitrogens is 3. The summed E-state index contributed by atoms with van der Waals surface area (Å²) in [6, 6.07) is 4.23. The summed E-state index contributed by atoms with van der Waals surface area (Å²) >= 11 is 10.4. The van der Waals surface area contributed by atoms with E-state index in [0.29, 0.717) is 5.02 Å². The number of H-pyrrole nitrogens is 1. The highest BCUT2D eigenvalue weighted by Crippen LogP contribution is 2.22. The highest BCUT2D eigenvalue weighted by Gasteiger charge is 2.08. The van der Waals surface area contributed by atoms with Gasteiger partial charge in [-0.25, -0.2) is 9.37 Å². The van der Waals surface area contributed by atoms with Gasteiger partial charge in [0.15, 0.2) is 0 Å². The van der Waals surface area contributed by atoms with E-state index in [1.807, 2.05) is 0 Å². The third-order valence-corrected chi connectivity index (χ3v) is 2.27. The average molecular weight is 257 g/mol. The van der Waals surface area contributed by atoms with Gasteiger partial charge >= 0.3 is 0 Å². The Bertz CT molecular complexity index is 598. The molecule has 0 atom stereocenters. The maximum atomic E-state index is 13.6. The van der Waals surface area contributed by atoms with Crippen LogP contribution in [0.1, 0.15) is 0 Å². The zero-order chi connectivity index (χ0) is 11.7. The Kier molecular flexibility index (Phi) is 2.84. The zero-order valence-electron chi connectivity index (χ0n) is 7.87. The predicted molar refractivity (Wildman–Crippen MR) is 62.0 cm³/mol. The summed E-state index contributed by atoms with van der Waals surface area (Å²) in [5, 5.41) is 0.307. The summed E-state index contributed by atoms with van der Waals surface area (Å²) in [6.45, 7) is 0. The van der Waals surface area contributed by atoms with Crippen molar-refractivity contribution in [2.75, 3.05) is 5.73 Å². The van der Waals surface area contributed by atoms with Crippen LogP contribution in [-0.4, -0.2) is 15.0 Å². The van der Waals surface area contributed by atoms with E-state index in [2.05, 4.69) is 15.0 Å². The quantitative estimate of drug-likeness (QED) is 0.770. The van der Waals surface area contributed by atoms with Crippen LogP contribution in [0.2, 0.25) is 5.02 Å². The molecule has 0 aliphatic heterocycles. The number of nitrogen functional groups attached to an aromatic ring is 1. The van der Waals surface area contributed by atoms with E-state index in [1.54, 1.807) is 6.07 Å². The molecule has 2 rings (SSSR count). The summed E-state index contributed by atoms with van der Waals surface area (Å²) in [7, 11) is 0. The molecule has 0 spiro atoms. The molecule has 0 bridgehead atoms. The third kappa shape index (κ3) is 2.17. The van der Waals surface area contributed by atoms with Crippen molar-refractivity contribution in [3.8, 4) is 11.4 Å². The molecule has 0 saturated heterocycles. The average Bonchev–Trinajstić information content (AvgIpc) is 2.15. The normalized spacial score (nSPS) is 10.4. The number of hydrogen-bond donors (Lipinski definition) is 2. The van der Waals surface area contributed by atoms with Crippen molar-refractivity contribution in [1.29, 1.82) is 0 Å². The Morgan fingerprint density at radius 2 is 2.12 bits per heavy atom. The molecule has 0 radical (unpaired) electrons. The van der Waals surface area contributed by atoms with Crippen LogP contribution in [0.4, 0.5) is 10.3 Å². The van der Waals surface area contributed by atoms with Gasteiger partial charge in [0.1, 0.15) is 11.6 Å². The first-order valence-corrected chi connectivity index (χ1v) is 5.04. The number of hydrogen-bond acceptors (Lipinski definition) is 4. The van der Waals surface area contributed by atoms with Crippen LogP contribution in [-0.2, 0) is 0 Å². The molecule has 7 heteroatoms. The van der Waals surface area contributed by atoms with Gasteiger partial charge in [0.25, 0.3) is 0 Å². The summed E-state index contributed by atoms with van der Waals surface area (Å²) in [5.74, 6) is -0.188. The first-order chi connectivity index (χ1) is 7.56. The van der Waals surface area contributed by atoms with E-state index in [0.717, 1.165) is 0 Å². The van der Waals surface area contributed by atoms with Gasteiger partial charge in [0.05, 0.1) is 5.56 Å². The second-order valence-electron chi connectivity index (χ2n) is 2.99. The molecule has 2 aromatic rings. The van der Waals surface area contributed by atoms with E-state index >= 15 is 0 Å². The zero-order valence-corrected chi connectivity index (χ0v) is 9.44. The lowest BCUT2D eigenvalue weighted by molar-refractivity contribution is 0.630. The second-order valence-corrected chi connectivity index (χ2v) is 3.79. The van der Waals surface area contributed by atoms with Crippen molar-refractivity contribution in [3.05, 3.63) is 33.8 Å². The minimum atomic E-state index is -0.503. The van der Waals surface area contributed by atoms with Crippen molar-refractivity contribution < 1.29 is 4.39 Å². The molecule has 3 N–H and O–H groups in total. The molecule has 0 saturated carbocycles. The molecule has 0 amide bonds. The maximum Gasteiger partial charge on any atom is 0.224 e. The molecule has 16 heavy (non-hydrogen) atoms. The molecule has 0 fully saturated rings. The molecule has 1 aromatic carbocycles. The molecule has 0 aliphatic carbocycles. The highest BCUT2D eigenvalue weighted by atomic mass is 35.5. The lowest BCUT2D eigenvalue weighted by Crippen LogP contribution is -2.00. The molecule has 0 aliphatic rings. The number of anilines is 1. The van der Waals surface area contributed by atoms with Crippen molar-refractivity contribution in [3.63, 3.8) is 0 Å². The van der Waals surface area contributed by atoms with Crippen LogP contribution in [0.5, 0.6) is 0 Å². The fourth-order valence-corrected chi connectivity index (χ4v) is 1.56. The van der Waals surface area contributed by atoms with Gasteiger partial charge in [-0.05, 0) is 30.4 Å². The number of nitrogens with one attached hydrogen (secondary N) is 1. The first-order valence-electron chi connectivity index (χ1n) is 4.25. The van der Waals surface area contributed by atoms with Gasteiger partial charge in [-0.1, -0.05) is 11.6 Å². The van der Waals surface area contributed by atoms with Gasteiger partial charge in [-0.15, -0.1) is 0 Å². The minimum Gasteiger partial charge on any atom is -0.369 e. The van der Waals surface area contributed by atoms with Gasteiger partial charge in [0, 0.05) is 5.02 Å². The van der Waals surface area contributed by atoms with E-state index in [9.17, 15) is 4.39 Å². The van der Waals surface area contributed by atoms with E-state index in [4.69, 9.17) is 29.6 Å². The van der Waals surface area contributed by atoms with Gasteiger partial charge in [-0.3, -0.25) is 0 Å². The van der Waals surface area contributed by atoms with E-state index in [-0.39, 0.29) is 22.1 Å². The summed E-state index contributed by atoms with van der Waals surface area (Å²) < 4.78 is 13.6. The molecular formula is C9H6ClFN4S. The fourth-order valence-electron chi connectivity index (χ4n) is 1.21. The summed E-state index contributed by atoms with van der Waals surface area (Å²) in [5.41, 5.74) is 5.70. The topological polar surface area (TPSA) is 67.6 Å². The molecule has 1 aromatic heterocycles. The monoisotopic (exact) mass is 256 g/mol. The molecule has 0 unspecified atom stereocenters. The SMILES string of the molecule is Nc1nc(=S)nc(-c2ccc(Cl)cc2F)[nH]1. The number of nitrogens with two attached hydrogens (primary N) is 1. The minimum absolute atomic E-state index is 0.0561. The van der Waals surface area contributed by atoms with Crippen LogP contribution in [0.15, 0.2) is 18.2 Å². The van der Waals surface area contributed by atoms with Crippen molar-refractivity contribution in [2.24, 2.45) is 0 Å². The summed E-state index contributed by atoms with van der Waals surface area (Å²) in [6.07, 6.45) is 0. The van der Waals surface area contributed by atoms with Gasteiger partial charge in [-0.2, -0.15) is 4.98 Å². The van der Waals surface area contributed by atoms with E-state index in [1.165, 1.54) is 12.1 Å². The van der Waals surface area contributed by atoms with E-state index < -0.39 is 5.82 Å². The van der Waals surface area contributed by atoms with Crippen molar-refractivity contribution in [2.45, 2.75) is 0 Å². The lowest BCUT2D eigenvalue weighted by atomic mass is 10.2. The Morgan fingerprint density at radius 1 is 1.38 bits per heavy atom. The Labute approximate surface area is 100 Å². The number of aromatic amines is 1. The number of rotatable bonds is 1. The van der Waals surface area contributed by atoms with Crippen LogP contribution in [0.3, 0.4) is 0 Å². The largest absolute Gasteiger partial charge is 0.369 e. The third-order valence-electron chi connectivity index (χ3n) is 1.86. The Morgan fingerprint density at radius 3 is 2.75 bits per heavy atom. The van der Waals surface area contributed by atoms with Crippen LogP contribution >= 0.6 is 23.8 Å². The molecule has 1 heterocycles. The standard InChI is InChI=1S/C9H6ClFN4S/c10-4-1-2-5(6(11)3-4)7-13-8(12)15-9(16)14-7/h1-3H,(H3,12,13,14,15,16). The predicted octanol–water partition coefficient (Wildman–Crippen LogP) is 2.58. The summed E-state index contributed by atoms with van der Waals surface area (Å²) in [4.78, 5) is 10.2. The second kappa shape index (κ2) is 4.15. The van der Waals surface area contributed by atoms with Crippen molar-refractivity contribution in [1.82, 2.24) is 15.0 Å².